The summed E-state index contributed by atoms with van der Waals surface area (Å²) in [5.74, 6) is 0. The minimum absolute atomic E-state index is 0.0299. The highest BCUT2D eigenvalue weighted by Gasteiger charge is 2.29. The van der Waals surface area contributed by atoms with E-state index in [0.717, 1.165) is 34.9 Å². The SMILES string of the molecule is C1=C(N(c2ccccc2)c2ccccc2)C=C(N(c2ccccc2)c2ccccc2)C[C@@H]1n1c2cc(-c3ccccc3)ccc2c2c3sc4ccccc4c3ccc21. The van der Waals surface area contributed by atoms with Crippen LogP contribution in [0.2, 0.25) is 0 Å². The number of rotatable bonds is 8. The Morgan fingerprint density at radius 2 is 0.983 bits per heavy atom. The van der Waals surface area contributed by atoms with Gasteiger partial charge in [0.05, 0.1) is 17.1 Å². The number of hydrogen-bond acceptors (Lipinski definition) is 3. The monoisotopic (exact) mass is 761 g/mol. The molecule has 0 fully saturated rings. The largest absolute Gasteiger partial charge is 0.333 e. The summed E-state index contributed by atoms with van der Waals surface area (Å²) in [6, 6.07) is 74.6. The van der Waals surface area contributed by atoms with Gasteiger partial charge in [0.25, 0.3) is 0 Å². The topological polar surface area (TPSA) is 11.4 Å². The molecule has 0 saturated heterocycles. The summed E-state index contributed by atoms with van der Waals surface area (Å²) < 4.78 is 5.30. The van der Waals surface area contributed by atoms with Gasteiger partial charge in [-0.25, -0.2) is 0 Å². The van der Waals surface area contributed by atoms with Gasteiger partial charge in [-0.1, -0.05) is 140 Å². The first-order valence-electron chi connectivity index (χ1n) is 19.9. The molecule has 0 saturated carbocycles. The highest BCUT2D eigenvalue weighted by Crippen LogP contribution is 2.47. The maximum atomic E-state index is 2.64. The van der Waals surface area contributed by atoms with E-state index in [0.29, 0.717) is 0 Å². The highest BCUT2D eigenvalue weighted by molar-refractivity contribution is 7.26. The zero-order valence-electron chi connectivity index (χ0n) is 31.8. The molecule has 0 radical (unpaired) electrons. The maximum Gasteiger partial charge on any atom is 0.0600 e. The van der Waals surface area contributed by atoms with E-state index in [9.17, 15) is 0 Å². The van der Waals surface area contributed by atoms with Crippen molar-refractivity contribution in [3.63, 3.8) is 0 Å². The van der Waals surface area contributed by atoms with E-state index in [-0.39, 0.29) is 6.04 Å². The normalized spacial score (nSPS) is 14.2. The van der Waals surface area contributed by atoms with Crippen molar-refractivity contribution in [1.82, 2.24) is 4.57 Å². The summed E-state index contributed by atoms with van der Waals surface area (Å²) in [7, 11) is 0. The first-order chi connectivity index (χ1) is 28.8. The molecule has 4 heteroatoms. The molecule has 2 heterocycles. The van der Waals surface area contributed by atoms with Gasteiger partial charge in [0, 0.05) is 71.5 Å². The van der Waals surface area contributed by atoms with Gasteiger partial charge in [0.15, 0.2) is 0 Å². The van der Waals surface area contributed by atoms with Crippen molar-refractivity contribution in [2.45, 2.75) is 12.5 Å². The number of thiophene rings is 1. The van der Waals surface area contributed by atoms with Crippen LogP contribution in [0.5, 0.6) is 0 Å². The Labute approximate surface area is 342 Å². The van der Waals surface area contributed by atoms with E-state index in [1.54, 1.807) is 0 Å². The van der Waals surface area contributed by atoms with Crippen LogP contribution in [-0.4, -0.2) is 4.57 Å². The standard InChI is InChI=1S/C54H39N3S/c1-6-18-38(19-7-1)39-30-31-49-51(34-39)57(50-33-32-48-47-28-16-17-29-52(47)58-54(48)53(49)50)46-36-44(55(40-20-8-2-9-21-40)41-22-10-3-11-23-41)35-45(37-46)56(42-24-12-4-13-25-42)43-26-14-5-15-27-43/h1-36,46H,37H2/t46-/m1/s1. The smallest absolute Gasteiger partial charge is 0.0600 e. The Hall–Kier alpha value is -7.14. The quantitative estimate of drug-likeness (QED) is 0.153. The molecular formula is C54H39N3S. The molecule has 0 N–H and O–H groups in total. The molecule has 10 aromatic rings. The zero-order chi connectivity index (χ0) is 38.4. The van der Waals surface area contributed by atoms with Crippen molar-refractivity contribution in [3.8, 4) is 11.1 Å². The van der Waals surface area contributed by atoms with E-state index >= 15 is 0 Å². The number of nitrogens with zero attached hydrogens (tertiary/aromatic N) is 3. The predicted octanol–water partition coefficient (Wildman–Crippen LogP) is 15.2. The van der Waals surface area contributed by atoms with E-state index < -0.39 is 0 Å². The van der Waals surface area contributed by atoms with Gasteiger partial charge in [-0.15, -0.1) is 11.3 Å². The lowest BCUT2D eigenvalue weighted by atomic mass is 9.98. The van der Waals surface area contributed by atoms with Gasteiger partial charge < -0.3 is 14.4 Å². The Kier molecular flexibility index (Phi) is 8.49. The molecular weight excluding hydrogens is 723 g/mol. The summed E-state index contributed by atoms with van der Waals surface area (Å²) in [6.45, 7) is 0. The van der Waals surface area contributed by atoms with Gasteiger partial charge in [-0.05, 0) is 90.0 Å². The molecule has 2 aromatic heterocycles. The average Bonchev–Trinajstić information content (AvgIpc) is 3.84. The van der Waals surface area contributed by atoms with Crippen molar-refractivity contribution in [2.24, 2.45) is 0 Å². The van der Waals surface area contributed by atoms with E-state index in [1.807, 2.05) is 11.3 Å². The lowest BCUT2D eigenvalue weighted by Crippen LogP contribution is -2.26. The second-order valence-corrected chi connectivity index (χ2v) is 16.0. The average molecular weight is 762 g/mol. The molecule has 11 rings (SSSR count). The van der Waals surface area contributed by atoms with Crippen molar-refractivity contribution in [3.05, 3.63) is 230 Å². The lowest BCUT2D eigenvalue weighted by molar-refractivity contribution is 0.616. The minimum atomic E-state index is -0.0299. The summed E-state index contributed by atoms with van der Waals surface area (Å²) >= 11 is 1.91. The number of aromatic nitrogens is 1. The molecule has 0 spiro atoms. The molecule has 1 aliphatic rings. The molecule has 0 amide bonds. The Balaban J connectivity index is 1.21. The number of para-hydroxylation sites is 4. The Morgan fingerprint density at radius 1 is 0.448 bits per heavy atom. The van der Waals surface area contributed by atoms with Crippen LogP contribution in [0.4, 0.5) is 22.7 Å². The third-order valence-electron chi connectivity index (χ3n) is 11.4. The second kappa shape index (κ2) is 14.4. The summed E-state index contributed by atoms with van der Waals surface area (Å²) in [5.41, 5.74) is 11.7. The number of allylic oxidation sites excluding steroid dienone is 3. The fourth-order valence-electron chi connectivity index (χ4n) is 8.92. The Bertz CT molecular complexity index is 3050. The second-order valence-electron chi connectivity index (χ2n) is 14.9. The van der Waals surface area contributed by atoms with Gasteiger partial charge >= 0.3 is 0 Å². The molecule has 276 valence electrons. The maximum absolute atomic E-state index is 2.64. The number of anilines is 4. The van der Waals surface area contributed by atoms with Crippen molar-refractivity contribution >= 4 is 76.1 Å². The molecule has 1 aliphatic carbocycles. The van der Waals surface area contributed by atoms with Crippen LogP contribution in [0, 0.1) is 0 Å². The van der Waals surface area contributed by atoms with Crippen LogP contribution in [0.1, 0.15) is 12.5 Å². The van der Waals surface area contributed by atoms with Crippen LogP contribution in [-0.2, 0) is 0 Å². The van der Waals surface area contributed by atoms with Gasteiger partial charge in [-0.3, -0.25) is 0 Å². The molecule has 8 aromatic carbocycles. The molecule has 0 aliphatic heterocycles. The third-order valence-corrected chi connectivity index (χ3v) is 12.7. The summed E-state index contributed by atoms with van der Waals surface area (Å²) in [5, 5.41) is 5.24. The molecule has 1 atom stereocenters. The van der Waals surface area contributed by atoms with Crippen LogP contribution in [0.3, 0.4) is 0 Å². The molecule has 0 unspecified atom stereocenters. The van der Waals surface area contributed by atoms with Crippen LogP contribution in [0.25, 0.3) is 53.1 Å². The fourth-order valence-corrected chi connectivity index (χ4v) is 10.2. The van der Waals surface area contributed by atoms with Crippen molar-refractivity contribution in [1.29, 1.82) is 0 Å². The molecule has 3 nitrogen and oxygen atoms in total. The lowest BCUT2D eigenvalue weighted by Gasteiger charge is -2.36. The van der Waals surface area contributed by atoms with Crippen molar-refractivity contribution in [2.75, 3.05) is 9.80 Å². The van der Waals surface area contributed by atoms with E-state index in [1.165, 1.54) is 58.8 Å². The zero-order valence-corrected chi connectivity index (χ0v) is 32.6. The Morgan fingerprint density at radius 3 is 1.60 bits per heavy atom. The van der Waals surface area contributed by atoms with E-state index in [4.69, 9.17) is 0 Å². The van der Waals surface area contributed by atoms with Crippen molar-refractivity contribution < 1.29 is 0 Å². The molecule has 58 heavy (non-hydrogen) atoms. The first-order valence-corrected chi connectivity index (χ1v) is 20.8. The third kappa shape index (κ3) is 5.89. The fraction of sp³-hybridized carbons (Fsp3) is 0.0370. The summed E-state index contributed by atoms with van der Waals surface area (Å²) in [4.78, 5) is 4.86. The predicted molar refractivity (Wildman–Crippen MR) is 248 cm³/mol. The van der Waals surface area contributed by atoms with Crippen LogP contribution >= 0.6 is 11.3 Å². The van der Waals surface area contributed by atoms with Crippen LogP contribution < -0.4 is 9.80 Å². The first kappa shape index (κ1) is 34.1. The van der Waals surface area contributed by atoms with Gasteiger partial charge in [0.1, 0.15) is 0 Å². The van der Waals surface area contributed by atoms with Crippen LogP contribution in [0.15, 0.2) is 230 Å². The number of benzene rings is 8. The van der Waals surface area contributed by atoms with E-state index in [2.05, 4.69) is 233 Å². The minimum Gasteiger partial charge on any atom is -0.333 e. The molecule has 0 bridgehead atoms. The number of hydrogen-bond donors (Lipinski definition) is 0. The highest BCUT2D eigenvalue weighted by atomic mass is 32.1. The number of fused-ring (bicyclic) bond motifs is 7. The van der Waals surface area contributed by atoms with Gasteiger partial charge in [-0.2, -0.15) is 0 Å². The summed E-state index contributed by atoms with van der Waals surface area (Å²) in [6.07, 6.45) is 5.69. The van der Waals surface area contributed by atoms with Gasteiger partial charge in [0.2, 0.25) is 0 Å².